The van der Waals surface area contributed by atoms with Gasteiger partial charge in [-0.2, -0.15) is 6.07 Å². The van der Waals surface area contributed by atoms with Crippen LogP contribution in [-0.2, 0) is 34.2 Å². The Morgan fingerprint density at radius 1 is 0.393 bits per heavy atom. The zero-order valence-electron chi connectivity index (χ0n) is 36.2. The Labute approximate surface area is 390 Å². The quantitative estimate of drug-likeness (QED) is 0.0949. The summed E-state index contributed by atoms with van der Waals surface area (Å²) in [5.74, 6) is 0. The van der Waals surface area contributed by atoms with Crippen LogP contribution in [0.25, 0.3) is 65.0 Å². The Hall–Kier alpha value is -4.56. The van der Waals surface area contributed by atoms with E-state index in [0.29, 0.717) is 0 Å². The van der Waals surface area contributed by atoms with Crippen LogP contribution in [0.5, 0.6) is 0 Å². The first-order chi connectivity index (χ1) is 28.3. The minimum atomic E-state index is -0.455. The average Bonchev–Trinajstić information content (AvgIpc) is 3.82. The minimum absolute atomic E-state index is 0. The van der Waals surface area contributed by atoms with Gasteiger partial charge >= 0.3 is 99.8 Å². The van der Waals surface area contributed by atoms with Gasteiger partial charge in [-0.15, -0.1) is 74.3 Å². The van der Waals surface area contributed by atoms with E-state index in [4.69, 9.17) is 0 Å². The first kappa shape index (κ1) is 46.0. The average molecular weight is 927 g/mol. The number of hydrogen-bond donors (Lipinski definition) is 0. The molecule has 0 radical (unpaired) electrons. The van der Waals surface area contributed by atoms with Crippen LogP contribution in [0.15, 0.2) is 188 Å². The molecule has 10 rings (SSSR count). The van der Waals surface area contributed by atoms with E-state index < -0.39 is 5.43 Å². The second kappa shape index (κ2) is 19.2. The molecule has 10 aromatic rings. The summed E-state index contributed by atoms with van der Waals surface area (Å²) in [5.41, 5.74) is 6.72. The third-order valence-corrected chi connectivity index (χ3v) is 17.6. The number of benzene rings is 8. The third kappa shape index (κ3) is 10.1. The van der Waals surface area contributed by atoms with Gasteiger partial charge < -0.3 is 24.8 Å². The summed E-state index contributed by atoms with van der Waals surface area (Å²) in [4.78, 5) is 0. The normalized spacial score (nSPS) is 11.4. The predicted octanol–water partition coefficient (Wildman–Crippen LogP) is 8.49. The molecule has 0 aliphatic carbocycles. The van der Waals surface area contributed by atoms with Gasteiger partial charge in [-0.3, -0.25) is 0 Å². The summed E-state index contributed by atoms with van der Waals surface area (Å²) < 4.78 is 0. The molecule has 0 aliphatic heterocycles. The molecule has 0 N–H and O–H groups in total. The zero-order chi connectivity index (χ0) is 41.3. The van der Waals surface area contributed by atoms with E-state index in [9.17, 15) is 0 Å². The molecule has 0 unspecified atom stereocenters. The first-order valence-electron chi connectivity index (χ1n) is 20.8. The summed E-state index contributed by atoms with van der Waals surface area (Å²) in [6.45, 7) is 15.8. The van der Waals surface area contributed by atoms with E-state index in [1.165, 1.54) is 92.1 Å². The molecule has 0 aliphatic rings. The molecule has 10 aromatic carbocycles. The van der Waals surface area contributed by atoms with E-state index >= 15 is 0 Å². The zero-order valence-corrected chi connectivity index (χ0v) is 41.1. The fourth-order valence-corrected chi connectivity index (χ4v) is 12.1. The molecular weight excluding hydrogens is 875 g/mol. The molecule has 0 atom stereocenters. The van der Waals surface area contributed by atoms with Crippen molar-refractivity contribution in [2.24, 2.45) is 0 Å². The van der Waals surface area contributed by atoms with E-state index in [2.05, 4.69) is 237 Å². The van der Waals surface area contributed by atoms with Gasteiger partial charge in [-0.25, -0.2) is 0 Å². The molecule has 61 heavy (non-hydrogen) atoms. The molecule has 0 saturated heterocycles. The van der Waals surface area contributed by atoms with Crippen LogP contribution < -0.4 is 35.2 Å². The molecule has 0 heterocycles. The van der Waals surface area contributed by atoms with Crippen molar-refractivity contribution in [2.75, 3.05) is 0 Å². The van der Waals surface area contributed by atoms with Crippen molar-refractivity contribution in [1.29, 1.82) is 0 Å². The maximum absolute atomic E-state index is 2.35. The van der Waals surface area contributed by atoms with Gasteiger partial charge in [-0.05, 0) is 44.0 Å². The van der Waals surface area contributed by atoms with E-state index in [1.807, 2.05) is 0 Å². The van der Waals surface area contributed by atoms with Crippen LogP contribution in [0.3, 0.4) is 0 Å². The Balaban J connectivity index is 0.000000156. The van der Waals surface area contributed by atoms with Crippen molar-refractivity contribution in [3.63, 3.8) is 0 Å². The Morgan fingerprint density at radius 2 is 0.885 bits per heavy atom. The SMILES string of the molecule is CC(C)(C)c1ccc2c(c1)[cH-]c1cc(C(C)(C)C)ccc12.Cc1cc2c(-c3cc4ccccc4c4ccccc34)cccc2[cH-]1.[Cl-].[Cl-].[Zr+2]=[Si](c1ccccc1)c1ccccc1. The molecule has 304 valence electrons. The van der Waals surface area contributed by atoms with Gasteiger partial charge in [0.1, 0.15) is 0 Å². The van der Waals surface area contributed by atoms with Gasteiger partial charge in [0.15, 0.2) is 0 Å². The second-order valence-electron chi connectivity index (χ2n) is 17.9. The van der Waals surface area contributed by atoms with Crippen molar-refractivity contribution in [2.45, 2.75) is 59.3 Å². The molecule has 4 heteroatoms. The van der Waals surface area contributed by atoms with Gasteiger partial charge in [-0.1, -0.05) is 144 Å². The summed E-state index contributed by atoms with van der Waals surface area (Å²) in [6.07, 6.45) is 0. The molecule has 0 aromatic heterocycles. The number of fused-ring (bicyclic) bond motifs is 7. The summed E-state index contributed by atoms with van der Waals surface area (Å²) in [5, 5.41) is 16.4. The molecular formula is C57H52Cl2SiZr-2. The van der Waals surface area contributed by atoms with Gasteiger partial charge in [0.2, 0.25) is 0 Å². The van der Waals surface area contributed by atoms with Crippen molar-refractivity contribution in [3.8, 4) is 11.1 Å². The van der Waals surface area contributed by atoms with E-state index in [0.717, 1.165) is 0 Å². The van der Waals surface area contributed by atoms with Gasteiger partial charge in [0.25, 0.3) is 0 Å². The summed E-state index contributed by atoms with van der Waals surface area (Å²) >= 11 is 1.64. The summed E-state index contributed by atoms with van der Waals surface area (Å²) in [6, 6.07) is 68.8. The van der Waals surface area contributed by atoms with Crippen LogP contribution in [0.4, 0.5) is 0 Å². The van der Waals surface area contributed by atoms with Gasteiger partial charge in [0, 0.05) is 0 Å². The monoisotopic (exact) mass is 924 g/mol. The van der Waals surface area contributed by atoms with Crippen LogP contribution in [0, 0.1) is 6.92 Å². The third-order valence-electron chi connectivity index (χ3n) is 11.5. The number of hydrogen-bond acceptors (Lipinski definition) is 0. The van der Waals surface area contributed by atoms with Crippen LogP contribution >= 0.6 is 0 Å². The molecule has 0 amide bonds. The topological polar surface area (TPSA) is 0 Å². The standard InChI is InChI=1S/C24H17.C21H25.C12H10Si.2ClH.Zr/c1-16-13-17-8-6-12-22(23(17)14-16)24-15-18-7-2-3-9-19(18)20-10-4-5-11-21(20)24;1-20(2,3)16-7-9-18-14(12-16)11-15-13-17(21(4,5)6)8-10-19(15)18;1-3-7-11(8-4-1)13-12-9-5-2-6-10-12;;;/h2-15H,1H3;7-13H,1-6H3;1-10H;2*1H;/q2*-1;;;;+2/p-2. The van der Waals surface area contributed by atoms with E-state index in [-0.39, 0.29) is 35.6 Å². The molecule has 0 bridgehead atoms. The Kier molecular flexibility index (Phi) is 14.5. The van der Waals surface area contributed by atoms with Crippen molar-refractivity contribution < 1.29 is 48.1 Å². The Morgan fingerprint density at radius 3 is 1.43 bits per heavy atom. The van der Waals surface area contributed by atoms with Crippen LogP contribution in [0.1, 0.15) is 58.2 Å². The molecule has 0 spiro atoms. The predicted molar refractivity (Wildman–Crippen MR) is 257 cm³/mol. The molecule has 0 nitrogen and oxygen atoms in total. The first-order valence-corrected chi connectivity index (χ1v) is 25.9. The second-order valence-corrected chi connectivity index (χ2v) is 23.5. The van der Waals surface area contributed by atoms with Crippen molar-refractivity contribution in [1.82, 2.24) is 0 Å². The van der Waals surface area contributed by atoms with Gasteiger partial charge in [0.05, 0.1) is 0 Å². The fraction of sp³-hybridized carbons (Fsp3) is 0.158. The number of halogens is 2. The molecule has 0 fully saturated rings. The number of rotatable bonds is 3. The van der Waals surface area contributed by atoms with Crippen molar-refractivity contribution in [3.05, 3.63) is 205 Å². The number of aryl methyl sites for hydroxylation is 1. The Bertz CT molecular complexity index is 2980. The van der Waals surface area contributed by atoms with E-state index in [1.54, 1.807) is 23.3 Å². The fourth-order valence-electron chi connectivity index (χ4n) is 8.23. The summed E-state index contributed by atoms with van der Waals surface area (Å²) in [7, 11) is 0. The maximum atomic E-state index is 2.35. The van der Waals surface area contributed by atoms with Crippen LogP contribution in [0.2, 0.25) is 0 Å². The van der Waals surface area contributed by atoms with Crippen LogP contribution in [-0.4, -0.2) is 5.43 Å². The van der Waals surface area contributed by atoms with Crippen molar-refractivity contribution >= 4 is 69.7 Å². The molecule has 0 saturated carbocycles.